The van der Waals surface area contributed by atoms with Gasteiger partial charge in [0.1, 0.15) is 15.9 Å². The molecule has 2 aromatic rings. The van der Waals surface area contributed by atoms with E-state index >= 15 is 0 Å². The van der Waals surface area contributed by atoms with Crippen molar-refractivity contribution in [2.45, 2.75) is 0 Å². The molecule has 2 rings (SSSR count). The predicted octanol–water partition coefficient (Wildman–Crippen LogP) is 4.43. The molecule has 0 amide bonds. The lowest BCUT2D eigenvalue weighted by molar-refractivity contribution is 0.443. The first-order valence-electron chi connectivity index (χ1n) is 4.82. The molecule has 0 radical (unpaired) electrons. The highest BCUT2D eigenvalue weighted by molar-refractivity contribution is 9.11. The number of rotatable bonds is 2. The lowest BCUT2D eigenvalue weighted by Crippen LogP contribution is -1.76. The van der Waals surface area contributed by atoms with Gasteiger partial charge in [0.25, 0.3) is 0 Å². The molecule has 1 aromatic carbocycles. The van der Waals surface area contributed by atoms with Gasteiger partial charge in [-0.15, -0.1) is 10.2 Å². The molecule has 2 N–H and O–H groups in total. The molecule has 0 saturated heterocycles. The summed E-state index contributed by atoms with van der Waals surface area (Å²) in [4.78, 5) is 3.97. The van der Waals surface area contributed by atoms with Crippen LogP contribution < -0.4 is 0 Å². The monoisotopic (exact) mass is 371 g/mol. The number of phenolic OH excluding ortho intramolecular Hbond substituents is 2. The summed E-state index contributed by atoms with van der Waals surface area (Å²) >= 11 is 6.21. The van der Waals surface area contributed by atoms with E-state index in [1.165, 1.54) is 6.07 Å². The van der Waals surface area contributed by atoms with Gasteiger partial charge < -0.3 is 10.2 Å². The van der Waals surface area contributed by atoms with Crippen LogP contribution in [0.4, 0.5) is 11.5 Å². The average Bonchev–Trinajstić information content (AvgIpc) is 2.40. The summed E-state index contributed by atoms with van der Waals surface area (Å²) in [6.07, 6.45) is 1.59. The summed E-state index contributed by atoms with van der Waals surface area (Å²) in [7, 11) is 0. The zero-order chi connectivity index (χ0) is 13.1. The van der Waals surface area contributed by atoms with E-state index in [1.807, 2.05) is 0 Å². The largest absolute Gasteiger partial charge is 0.505 e. The molecule has 92 valence electrons. The number of nitrogens with zero attached hydrogens (tertiary/aromatic N) is 3. The van der Waals surface area contributed by atoms with Crippen LogP contribution in [-0.4, -0.2) is 15.2 Å². The number of aromatic hydroxyl groups is 2. The summed E-state index contributed by atoms with van der Waals surface area (Å²) in [5.74, 6) is 0.150. The van der Waals surface area contributed by atoms with Crippen molar-refractivity contribution in [3.63, 3.8) is 0 Å². The SMILES string of the molecule is Oc1c(Br)cc(N=Nc2ccccn2)c(O)c1Br. The lowest BCUT2D eigenvalue weighted by atomic mass is 10.3. The average molecular weight is 373 g/mol. The van der Waals surface area contributed by atoms with E-state index < -0.39 is 0 Å². The van der Waals surface area contributed by atoms with Crippen molar-refractivity contribution in [1.82, 2.24) is 4.98 Å². The molecule has 7 heteroatoms. The first kappa shape index (κ1) is 13.0. The summed E-state index contributed by atoms with van der Waals surface area (Å²) in [5.41, 5.74) is 0.220. The van der Waals surface area contributed by atoms with Gasteiger partial charge in [-0.1, -0.05) is 6.07 Å². The molecule has 5 nitrogen and oxygen atoms in total. The van der Waals surface area contributed by atoms with E-state index in [9.17, 15) is 10.2 Å². The van der Waals surface area contributed by atoms with Crippen LogP contribution in [0.2, 0.25) is 0 Å². The molecule has 0 bridgehead atoms. The standard InChI is InChI=1S/C11H7Br2N3O2/c12-6-5-7(11(18)9(13)10(6)17)15-16-8-3-1-2-4-14-8/h1-5,17-18H. The molecule has 0 aliphatic carbocycles. The molecule has 18 heavy (non-hydrogen) atoms. The van der Waals surface area contributed by atoms with Crippen LogP contribution in [0.1, 0.15) is 0 Å². The van der Waals surface area contributed by atoms with E-state index in [0.29, 0.717) is 10.3 Å². The molecule has 1 aromatic heterocycles. The highest BCUT2D eigenvalue weighted by atomic mass is 79.9. The van der Waals surface area contributed by atoms with Gasteiger partial charge in [0.05, 0.1) is 4.47 Å². The van der Waals surface area contributed by atoms with E-state index in [2.05, 4.69) is 47.1 Å². The van der Waals surface area contributed by atoms with Gasteiger partial charge in [0.15, 0.2) is 11.6 Å². The highest BCUT2D eigenvalue weighted by Crippen LogP contribution is 2.45. The second-order valence-electron chi connectivity index (χ2n) is 3.28. The van der Waals surface area contributed by atoms with Gasteiger partial charge in [-0.2, -0.15) is 0 Å². The maximum absolute atomic E-state index is 9.78. The second kappa shape index (κ2) is 5.45. The Bertz CT molecular complexity index is 603. The topological polar surface area (TPSA) is 78.1 Å². The van der Waals surface area contributed by atoms with E-state index in [-0.39, 0.29) is 21.7 Å². The fourth-order valence-electron chi connectivity index (χ4n) is 1.18. The minimum absolute atomic E-state index is 0.0933. The number of pyridine rings is 1. The first-order valence-corrected chi connectivity index (χ1v) is 6.41. The van der Waals surface area contributed by atoms with Crippen molar-refractivity contribution in [1.29, 1.82) is 0 Å². The molecule has 1 heterocycles. The Morgan fingerprint density at radius 1 is 1.06 bits per heavy atom. The Morgan fingerprint density at radius 3 is 2.50 bits per heavy atom. The third-order valence-corrected chi connectivity index (χ3v) is 3.41. The molecular weight excluding hydrogens is 366 g/mol. The Hall–Kier alpha value is -1.47. The first-order chi connectivity index (χ1) is 8.59. The number of hydrogen-bond acceptors (Lipinski definition) is 5. The lowest BCUT2D eigenvalue weighted by Gasteiger charge is -2.05. The fraction of sp³-hybridized carbons (Fsp3) is 0. The van der Waals surface area contributed by atoms with Gasteiger partial charge in [-0.25, -0.2) is 4.98 Å². The number of azo groups is 1. The smallest absolute Gasteiger partial charge is 0.174 e. The Balaban J connectivity index is 2.39. The van der Waals surface area contributed by atoms with Gasteiger partial charge in [0.2, 0.25) is 0 Å². The summed E-state index contributed by atoms with van der Waals surface area (Å²) < 4.78 is 0.564. The number of hydrogen-bond donors (Lipinski definition) is 2. The normalized spacial score (nSPS) is 11.0. The van der Waals surface area contributed by atoms with Crippen LogP contribution >= 0.6 is 31.9 Å². The molecule has 0 fully saturated rings. The van der Waals surface area contributed by atoms with Gasteiger partial charge in [-0.3, -0.25) is 0 Å². The molecule has 0 aliphatic rings. The van der Waals surface area contributed by atoms with Crippen LogP contribution in [0, 0.1) is 0 Å². The molecule has 0 atom stereocenters. The Kier molecular flexibility index (Phi) is 3.93. The third kappa shape index (κ3) is 2.68. The van der Waals surface area contributed by atoms with Crippen LogP contribution in [0.25, 0.3) is 0 Å². The molecule has 0 saturated carbocycles. The van der Waals surface area contributed by atoms with Crippen molar-refractivity contribution >= 4 is 43.4 Å². The van der Waals surface area contributed by atoms with Crippen LogP contribution in [-0.2, 0) is 0 Å². The molecule has 0 aliphatic heterocycles. The molecule has 0 spiro atoms. The van der Waals surface area contributed by atoms with Crippen LogP contribution in [0.5, 0.6) is 11.5 Å². The zero-order valence-electron chi connectivity index (χ0n) is 8.88. The molecule has 0 unspecified atom stereocenters. The zero-order valence-corrected chi connectivity index (χ0v) is 12.1. The Morgan fingerprint density at radius 2 is 1.83 bits per heavy atom. The summed E-state index contributed by atoms with van der Waals surface area (Å²) in [5, 5.41) is 27.1. The summed E-state index contributed by atoms with van der Waals surface area (Å²) in [6, 6.07) is 6.70. The van der Waals surface area contributed by atoms with Crippen LogP contribution in [0.15, 0.2) is 49.6 Å². The van der Waals surface area contributed by atoms with Crippen molar-refractivity contribution in [2.75, 3.05) is 0 Å². The van der Waals surface area contributed by atoms with Gasteiger partial charge >= 0.3 is 0 Å². The second-order valence-corrected chi connectivity index (χ2v) is 4.92. The van der Waals surface area contributed by atoms with E-state index in [1.54, 1.807) is 24.4 Å². The fourth-order valence-corrected chi connectivity index (χ4v) is 2.28. The van der Waals surface area contributed by atoms with Crippen LogP contribution in [0.3, 0.4) is 0 Å². The number of halogens is 2. The van der Waals surface area contributed by atoms with Crippen molar-refractivity contribution in [3.8, 4) is 11.5 Å². The Labute approximate surface area is 119 Å². The number of aromatic nitrogens is 1. The van der Waals surface area contributed by atoms with Gasteiger partial charge in [0, 0.05) is 6.20 Å². The molecular formula is C11H7Br2N3O2. The number of phenols is 2. The maximum Gasteiger partial charge on any atom is 0.174 e. The third-order valence-electron chi connectivity index (χ3n) is 2.06. The van der Waals surface area contributed by atoms with Gasteiger partial charge in [-0.05, 0) is 50.1 Å². The van der Waals surface area contributed by atoms with E-state index in [0.717, 1.165) is 0 Å². The predicted molar refractivity (Wildman–Crippen MR) is 73.6 cm³/mol. The van der Waals surface area contributed by atoms with Crippen molar-refractivity contribution in [3.05, 3.63) is 39.4 Å². The highest BCUT2D eigenvalue weighted by Gasteiger charge is 2.13. The number of benzene rings is 1. The van der Waals surface area contributed by atoms with E-state index in [4.69, 9.17) is 0 Å². The van der Waals surface area contributed by atoms with Crippen molar-refractivity contribution < 1.29 is 10.2 Å². The quantitative estimate of drug-likeness (QED) is 0.765. The van der Waals surface area contributed by atoms with Crippen molar-refractivity contribution in [2.24, 2.45) is 10.2 Å². The minimum atomic E-state index is -0.185. The minimum Gasteiger partial charge on any atom is -0.505 e. The maximum atomic E-state index is 9.78. The summed E-state index contributed by atoms with van der Waals surface area (Å²) in [6.45, 7) is 0.